The van der Waals surface area contributed by atoms with E-state index in [1.165, 1.54) is 20.1 Å². The summed E-state index contributed by atoms with van der Waals surface area (Å²) in [6.07, 6.45) is -20.7. The van der Waals surface area contributed by atoms with E-state index in [0.717, 1.165) is 5.56 Å². The fourth-order valence-corrected chi connectivity index (χ4v) is 4.99. The molecule has 240 valence electrons. The van der Waals surface area contributed by atoms with Crippen molar-refractivity contribution in [3.63, 3.8) is 0 Å². The summed E-state index contributed by atoms with van der Waals surface area (Å²) in [7, 11) is 1.41. The molecule has 0 unspecified atom stereocenters. The van der Waals surface area contributed by atoms with E-state index in [-0.39, 0.29) is 18.1 Å². The van der Waals surface area contributed by atoms with Crippen LogP contribution in [0.2, 0.25) is 0 Å². The third-order valence-electron chi connectivity index (χ3n) is 7.56. The van der Waals surface area contributed by atoms with Crippen molar-refractivity contribution in [1.29, 1.82) is 0 Å². The number of benzene rings is 1. The van der Waals surface area contributed by atoms with Crippen molar-refractivity contribution in [2.75, 3.05) is 26.9 Å². The second-order valence-corrected chi connectivity index (χ2v) is 10.5. The molecule has 1 aromatic carbocycles. The first-order valence-electron chi connectivity index (χ1n) is 13.5. The van der Waals surface area contributed by atoms with Gasteiger partial charge in [0.1, 0.15) is 61.0 Å². The van der Waals surface area contributed by atoms with Crippen LogP contribution < -0.4 is 4.74 Å². The van der Waals surface area contributed by atoms with Gasteiger partial charge in [0.2, 0.25) is 0 Å². The van der Waals surface area contributed by atoms with Gasteiger partial charge in [0.15, 0.2) is 30.4 Å². The Hall–Kier alpha value is -1.74. The lowest BCUT2D eigenvalue weighted by atomic mass is 9.97. The summed E-state index contributed by atoms with van der Waals surface area (Å²) in [5, 5.41) is 92.7. The Labute approximate surface area is 241 Å². The van der Waals surface area contributed by atoms with E-state index in [2.05, 4.69) is 0 Å². The molecule has 0 aliphatic carbocycles. The quantitative estimate of drug-likeness (QED) is 0.123. The maximum absolute atomic E-state index is 11.1. The summed E-state index contributed by atoms with van der Waals surface area (Å²) in [6, 6.07) is 4.72. The minimum absolute atomic E-state index is 0.00924. The van der Waals surface area contributed by atoms with Gasteiger partial charge in [-0.3, -0.25) is 0 Å². The first kappa shape index (κ1) is 33.2. The minimum atomic E-state index is -1.73. The first-order chi connectivity index (χ1) is 20.0. The van der Waals surface area contributed by atoms with Crippen LogP contribution in [0.5, 0.6) is 11.5 Å². The Morgan fingerprint density at radius 1 is 0.810 bits per heavy atom. The van der Waals surface area contributed by atoms with Gasteiger partial charge in [-0.05, 0) is 31.0 Å². The Kier molecular flexibility index (Phi) is 11.3. The molecule has 9 N–H and O–H groups in total. The topological polar surface area (TPSA) is 247 Å². The van der Waals surface area contributed by atoms with Crippen LogP contribution in [0.15, 0.2) is 18.2 Å². The zero-order valence-corrected chi connectivity index (χ0v) is 23.0. The van der Waals surface area contributed by atoms with Crippen LogP contribution in [-0.4, -0.2) is 159 Å². The molecule has 42 heavy (non-hydrogen) atoms. The smallest absolute Gasteiger partial charge is 0.187 e. The Balaban J connectivity index is 1.46. The van der Waals surface area contributed by atoms with Crippen molar-refractivity contribution in [2.45, 2.75) is 99.4 Å². The molecule has 16 nitrogen and oxygen atoms in total. The summed E-state index contributed by atoms with van der Waals surface area (Å²) < 4.78 is 38.8. The molecule has 4 rings (SSSR count). The number of methoxy groups -OCH3 is 1. The van der Waals surface area contributed by atoms with Gasteiger partial charge in [-0.1, -0.05) is 6.07 Å². The summed E-state index contributed by atoms with van der Waals surface area (Å²) in [5.74, 6) is 0.228. The number of ether oxygens (including phenoxy) is 7. The van der Waals surface area contributed by atoms with Crippen LogP contribution in [0.25, 0.3) is 0 Å². The van der Waals surface area contributed by atoms with Gasteiger partial charge in [-0.15, -0.1) is 0 Å². The Morgan fingerprint density at radius 3 is 2.21 bits per heavy atom. The lowest BCUT2D eigenvalue weighted by Gasteiger charge is -2.47. The highest BCUT2D eigenvalue weighted by atomic mass is 16.8. The molecule has 16 heteroatoms. The van der Waals surface area contributed by atoms with E-state index >= 15 is 0 Å². The van der Waals surface area contributed by atoms with E-state index in [9.17, 15) is 46.0 Å². The molecule has 0 saturated carbocycles. The van der Waals surface area contributed by atoms with Crippen LogP contribution in [0.4, 0.5) is 0 Å². The molecule has 3 aliphatic rings. The third kappa shape index (κ3) is 7.14. The molecule has 3 fully saturated rings. The van der Waals surface area contributed by atoms with Gasteiger partial charge < -0.3 is 79.1 Å². The van der Waals surface area contributed by atoms with Crippen LogP contribution in [-0.2, 0) is 34.8 Å². The molecule has 0 spiro atoms. The molecule has 1 aromatic rings. The number of rotatable bonds is 10. The number of aliphatic hydroxyl groups excluding tert-OH is 8. The van der Waals surface area contributed by atoms with Crippen molar-refractivity contribution in [3.8, 4) is 11.5 Å². The van der Waals surface area contributed by atoms with E-state index in [1.54, 1.807) is 12.1 Å². The molecule has 3 heterocycles. The van der Waals surface area contributed by atoms with E-state index in [1.807, 2.05) is 0 Å². The molecule has 0 amide bonds. The highest BCUT2D eigenvalue weighted by Crippen LogP contribution is 2.33. The lowest BCUT2D eigenvalue weighted by Crippen LogP contribution is -2.65. The average molecular weight is 609 g/mol. The second kappa shape index (κ2) is 14.4. The van der Waals surface area contributed by atoms with E-state index in [0.29, 0.717) is 6.42 Å². The Bertz CT molecular complexity index is 999. The fourth-order valence-electron chi connectivity index (χ4n) is 4.99. The fraction of sp³-hybridized carbons (Fsp3) is 0.769. The van der Waals surface area contributed by atoms with Gasteiger partial charge in [0.05, 0.1) is 33.0 Å². The number of hydrogen-bond donors (Lipinski definition) is 9. The molecule has 0 bridgehead atoms. The lowest BCUT2D eigenvalue weighted by molar-refractivity contribution is -0.381. The van der Waals surface area contributed by atoms with Crippen LogP contribution in [0, 0.1) is 0 Å². The number of aromatic hydroxyl groups is 1. The van der Waals surface area contributed by atoms with Gasteiger partial charge >= 0.3 is 0 Å². The van der Waals surface area contributed by atoms with Gasteiger partial charge in [-0.2, -0.15) is 0 Å². The van der Waals surface area contributed by atoms with Crippen molar-refractivity contribution in [1.82, 2.24) is 0 Å². The van der Waals surface area contributed by atoms with Gasteiger partial charge in [-0.25, -0.2) is 0 Å². The highest BCUT2D eigenvalue weighted by molar-refractivity contribution is 5.41. The maximum atomic E-state index is 11.1. The summed E-state index contributed by atoms with van der Waals surface area (Å²) >= 11 is 0. The van der Waals surface area contributed by atoms with Crippen LogP contribution in [0.1, 0.15) is 12.5 Å². The number of phenols is 1. The van der Waals surface area contributed by atoms with Crippen LogP contribution in [0.3, 0.4) is 0 Å². The minimum Gasteiger partial charge on any atom is -0.504 e. The molecule has 3 saturated heterocycles. The standard InChI is InChI=1S/C26H40O16/c1-10-16(30)19(33)23(42-24-20(34)17(31)13(29)9-38-24)26(39-10)41-22-18(32)15(8-27)40-25(21(22)35)37-6-5-11-3-4-12(28)14(7-11)36-2/h3-4,7,10,13,15-35H,5-6,8-9H2,1-2H3/t10-,13-,15+,16-,17-,18+,19+,20+,21+,22-,23+,24-,25+,26-/m0/s1. The molecule has 3 aliphatic heterocycles. The number of aliphatic hydroxyl groups is 8. The highest BCUT2D eigenvalue weighted by Gasteiger charge is 2.52. The molecule has 0 aromatic heterocycles. The van der Waals surface area contributed by atoms with E-state index < -0.39 is 99.2 Å². The predicted octanol–water partition coefficient (Wildman–Crippen LogP) is -3.93. The third-order valence-corrected chi connectivity index (χ3v) is 7.56. The second-order valence-electron chi connectivity index (χ2n) is 10.5. The molecule has 14 atom stereocenters. The number of hydrogen-bond acceptors (Lipinski definition) is 16. The van der Waals surface area contributed by atoms with Crippen molar-refractivity contribution in [3.05, 3.63) is 23.8 Å². The monoisotopic (exact) mass is 608 g/mol. The first-order valence-corrected chi connectivity index (χ1v) is 13.5. The SMILES string of the molecule is COc1cc(CCO[C@@H]2O[C@H](CO)[C@@H](O)[C@H](O[C@@H]3O[C@@H](C)[C@H](O)[C@@H](O)[C@H]3O[C@@H]3OC[C@H](O)[C@H](O)[C@H]3O)[C@H]2O)ccc1O. The van der Waals surface area contributed by atoms with Gasteiger partial charge in [0, 0.05) is 0 Å². The summed E-state index contributed by atoms with van der Waals surface area (Å²) in [6.45, 7) is 0.371. The summed E-state index contributed by atoms with van der Waals surface area (Å²) in [4.78, 5) is 0. The summed E-state index contributed by atoms with van der Waals surface area (Å²) in [5.41, 5.74) is 0.739. The molecular weight excluding hydrogens is 568 g/mol. The largest absolute Gasteiger partial charge is 0.504 e. The van der Waals surface area contributed by atoms with E-state index in [4.69, 9.17) is 33.2 Å². The average Bonchev–Trinajstić information content (AvgIpc) is 2.97. The van der Waals surface area contributed by atoms with Crippen molar-refractivity contribution >= 4 is 0 Å². The molecule has 0 radical (unpaired) electrons. The zero-order chi connectivity index (χ0) is 30.7. The predicted molar refractivity (Wildman–Crippen MR) is 136 cm³/mol. The normalized spacial score (nSPS) is 42.8. The van der Waals surface area contributed by atoms with Crippen LogP contribution >= 0.6 is 0 Å². The Morgan fingerprint density at radius 2 is 1.52 bits per heavy atom. The maximum Gasteiger partial charge on any atom is 0.187 e. The van der Waals surface area contributed by atoms with Crippen molar-refractivity contribution in [2.24, 2.45) is 0 Å². The number of phenolic OH excluding ortho intramolecular Hbond substituents is 1. The van der Waals surface area contributed by atoms with Gasteiger partial charge in [0.25, 0.3) is 0 Å². The zero-order valence-electron chi connectivity index (χ0n) is 23.0. The molecular formula is C26H40O16. The van der Waals surface area contributed by atoms with Crippen molar-refractivity contribution < 1.29 is 79.1 Å².